The molecule has 4 nitrogen and oxygen atoms in total. The Hall–Kier alpha value is -1.58. The van der Waals surface area contributed by atoms with Gasteiger partial charge in [0.1, 0.15) is 5.82 Å². The molecule has 0 amide bonds. The van der Waals surface area contributed by atoms with Crippen LogP contribution in [0.5, 0.6) is 0 Å². The molecule has 0 spiro atoms. The number of nitrogen functional groups attached to an aromatic ring is 1. The Morgan fingerprint density at radius 3 is 2.87 bits per heavy atom. The van der Waals surface area contributed by atoms with Gasteiger partial charge in [0.25, 0.3) is 0 Å². The second-order valence-electron chi connectivity index (χ2n) is 4.20. The van der Waals surface area contributed by atoms with Gasteiger partial charge in [-0.05, 0) is 12.8 Å². The first-order valence-corrected chi connectivity index (χ1v) is 5.43. The van der Waals surface area contributed by atoms with Crippen LogP contribution in [0, 0.1) is 0 Å². The van der Waals surface area contributed by atoms with E-state index >= 15 is 0 Å². The molecule has 0 atom stereocenters. The maximum Gasteiger partial charge on any atom is 0.125 e. The Bertz CT molecular complexity index is 482. The fraction of sp³-hybridized carbons (Fsp3) is 0.455. The van der Waals surface area contributed by atoms with Crippen molar-refractivity contribution in [1.29, 1.82) is 0 Å². The first kappa shape index (κ1) is 8.71. The minimum absolute atomic E-state index is 0.560. The van der Waals surface area contributed by atoms with E-state index < -0.39 is 0 Å². The third-order valence-electron chi connectivity index (χ3n) is 3.17. The molecule has 0 unspecified atom stereocenters. The van der Waals surface area contributed by atoms with Gasteiger partial charge in [0, 0.05) is 17.6 Å². The van der Waals surface area contributed by atoms with E-state index in [2.05, 4.69) is 14.8 Å². The lowest BCUT2D eigenvalue weighted by Crippen LogP contribution is -2.06. The maximum atomic E-state index is 5.70. The highest BCUT2D eigenvalue weighted by Crippen LogP contribution is 2.31. The summed E-state index contributed by atoms with van der Waals surface area (Å²) in [6.07, 6.45) is 8.76. The summed E-state index contributed by atoms with van der Waals surface area (Å²) in [5.41, 5.74) is 6.82. The van der Waals surface area contributed by atoms with Crippen molar-refractivity contribution in [2.24, 2.45) is 0 Å². The molecule has 0 aliphatic heterocycles. The van der Waals surface area contributed by atoms with Crippen molar-refractivity contribution in [3.05, 3.63) is 18.5 Å². The number of fused-ring (bicyclic) bond motifs is 1. The van der Waals surface area contributed by atoms with Crippen LogP contribution in [0.4, 0.5) is 5.82 Å². The van der Waals surface area contributed by atoms with Gasteiger partial charge in [-0.25, -0.2) is 4.98 Å². The highest BCUT2D eigenvalue weighted by atomic mass is 15.3. The van der Waals surface area contributed by atoms with E-state index in [-0.39, 0.29) is 0 Å². The summed E-state index contributed by atoms with van der Waals surface area (Å²) < 4.78 is 2.11. The molecule has 2 aromatic rings. The Labute approximate surface area is 88.1 Å². The highest BCUT2D eigenvalue weighted by molar-refractivity contribution is 5.79. The van der Waals surface area contributed by atoms with E-state index in [1.165, 1.54) is 25.7 Å². The van der Waals surface area contributed by atoms with Crippen molar-refractivity contribution in [2.45, 2.75) is 31.7 Å². The highest BCUT2D eigenvalue weighted by Gasteiger charge is 2.19. The Kier molecular flexibility index (Phi) is 1.87. The van der Waals surface area contributed by atoms with E-state index in [1.807, 2.05) is 12.3 Å². The topological polar surface area (TPSA) is 56.7 Å². The van der Waals surface area contributed by atoms with Crippen LogP contribution in [0.3, 0.4) is 0 Å². The van der Waals surface area contributed by atoms with Crippen molar-refractivity contribution in [1.82, 2.24) is 14.8 Å². The Balaban J connectivity index is 2.13. The predicted molar refractivity (Wildman–Crippen MR) is 59.4 cm³/mol. The average molecular weight is 202 g/mol. The molecule has 1 aliphatic carbocycles. The molecule has 2 heterocycles. The van der Waals surface area contributed by atoms with Gasteiger partial charge in [-0.2, -0.15) is 5.10 Å². The lowest BCUT2D eigenvalue weighted by atomic mass is 10.2. The molecular weight excluding hydrogens is 188 g/mol. The lowest BCUT2D eigenvalue weighted by Gasteiger charge is -2.10. The SMILES string of the molecule is Nc1cc2c(cn1)cnn2C1CCCC1. The summed E-state index contributed by atoms with van der Waals surface area (Å²) in [4.78, 5) is 4.07. The van der Waals surface area contributed by atoms with E-state index in [0.29, 0.717) is 11.9 Å². The molecule has 1 fully saturated rings. The molecule has 1 saturated carbocycles. The first-order chi connectivity index (χ1) is 7.34. The second-order valence-corrected chi connectivity index (χ2v) is 4.20. The zero-order valence-electron chi connectivity index (χ0n) is 8.56. The van der Waals surface area contributed by atoms with Gasteiger partial charge in [-0.15, -0.1) is 0 Å². The first-order valence-electron chi connectivity index (χ1n) is 5.43. The van der Waals surface area contributed by atoms with Crippen LogP contribution >= 0.6 is 0 Å². The fourth-order valence-electron chi connectivity index (χ4n) is 2.40. The number of nitrogens with zero attached hydrogens (tertiary/aromatic N) is 3. The normalized spacial score (nSPS) is 17.6. The van der Waals surface area contributed by atoms with Crippen molar-refractivity contribution in [3.8, 4) is 0 Å². The number of rotatable bonds is 1. The van der Waals surface area contributed by atoms with Crippen molar-refractivity contribution >= 4 is 16.7 Å². The lowest BCUT2D eigenvalue weighted by molar-refractivity contribution is 0.482. The van der Waals surface area contributed by atoms with Crippen LogP contribution < -0.4 is 5.73 Å². The standard InChI is InChI=1S/C11H14N4/c12-11-5-10-8(6-13-11)7-14-15(10)9-3-1-2-4-9/h5-7,9H,1-4H2,(H2,12,13). The number of aromatic nitrogens is 3. The zero-order chi connectivity index (χ0) is 10.3. The van der Waals surface area contributed by atoms with Crippen LogP contribution in [0.25, 0.3) is 10.9 Å². The molecule has 2 N–H and O–H groups in total. The summed E-state index contributed by atoms with van der Waals surface area (Å²) in [6.45, 7) is 0. The quantitative estimate of drug-likeness (QED) is 0.770. The predicted octanol–water partition coefficient (Wildman–Crippen LogP) is 2.13. The number of pyridine rings is 1. The Morgan fingerprint density at radius 1 is 1.27 bits per heavy atom. The van der Waals surface area contributed by atoms with Crippen LogP contribution in [0.1, 0.15) is 31.7 Å². The molecule has 0 saturated heterocycles. The van der Waals surface area contributed by atoms with Gasteiger partial charge in [0.15, 0.2) is 0 Å². The minimum Gasteiger partial charge on any atom is -0.384 e. The fourth-order valence-corrected chi connectivity index (χ4v) is 2.40. The molecule has 0 radical (unpaired) electrons. The molecule has 4 heteroatoms. The van der Waals surface area contributed by atoms with Gasteiger partial charge in [-0.1, -0.05) is 12.8 Å². The number of nitrogens with two attached hydrogens (primary N) is 1. The van der Waals surface area contributed by atoms with Crippen molar-refractivity contribution in [3.63, 3.8) is 0 Å². The number of hydrogen-bond donors (Lipinski definition) is 1. The van der Waals surface area contributed by atoms with Crippen LogP contribution in [0.2, 0.25) is 0 Å². The van der Waals surface area contributed by atoms with E-state index in [4.69, 9.17) is 5.73 Å². The minimum atomic E-state index is 0.560. The van der Waals surface area contributed by atoms with E-state index in [9.17, 15) is 0 Å². The Morgan fingerprint density at radius 2 is 2.07 bits per heavy atom. The maximum absolute atomic E-state index is 5.70. The van der Waals surface area contributed by atoms with Crippen LogP contribution in [-0.4, -0.2) is 14.8 Å². The molecule has 3 rings (SSSR count). The molecule has 0 bridgehead atoms. The zero-order valence-corrected chi connectivity index (χ0v) is 8.56. The summed E-state index contributed by atoms with van der Waals surface area (Å²) in [6, 6.07) is 2.48. The third kappa shape index (κ3) is 1.37. The average Bonchev–Trinajstić information content (AvgIpc) is 2.83. The van der Waals surface area contributed by atoms with Crippen LogP contribution in [-0.2, 0) is 0 Å². The van der Waals surface area contributed by atoms with Gasteiger partial charge < -0.3 is 5.73 Å². The van der Waals surface area contributed by atoms with Gasteiger partial charge in [0.2, 0.25) is 0 Å². The van der Waals surface area contributed by atoms with Gasteiger partial charge in [-0.3, -0.25) is 4.68 Å². The van der Waals surface area contributed by atoms with E-state index in [0.717, 1.165) is 10.9 Å². The molecule has 2 aromatic heterocycles. The number of anilines is 1. The molecule has 1 aliphatic rings. The monoisotopic (exact) mass is 202 g/mol. The van der Waals surface area contributed by atoms with Crippen molar-refractivity contribution in [2.75, 3.05) is 5.73 Å². The molecule has 15 heavy (non-hydrogen) atoms. The molecule has 78 valence electrons. The summed E-state index contributed by atoms with van der Waals surface area (Å²) in [5, 5.41) is 5.52. The number of hydrogen-bond acceptors (Lipinski definition) is 3. The smallest absolute Gasteiger partial charge is 0.125 e. The largest absolute Gasteiger partial charge is 0.384 e. The summed E-state index contributed by atoms with van der Waals surface area (Å²) in [7, 11) is 0. The summed E-state index contributed by atoms with van der Waals surface area (Å²) >= 11 is 0. The van der Waals surface area contributed by atoms with Gasteiger partial charge >= 0.3 is 0 Å². The van der Waals surface area contributed by atoms with Crippen molar-refractivity contribution < 1.29 is 0 Å². The second kappa shape index (κ2) is 3.22. The third-order valence-corrected chi connectivity index (χ3v) is 3.17. The van der Waals surface area contributed by atoms with Crippen LogP contribution in [0.15, 0.2) is 18.5 Å². The summed E-state index contributed by atoms with van der Waals surface area (Å²) in [5.74, 6) is 0.572. The van der Waals surface area contributed by atoms with Gasteiger partial charge in [0.05, 0.1) is 17.8 Å². The van der Waals surface area contributed by atoms with E-state index in [1.54, 1.807) is 6.20 Å². The molecular formula is C11H14N4. The molecule has 0 aromatic carbocycles.